The summed E-state index contributed by atoms with van der Waals surface area (Å²) in [6.45, 7) is 1.89. The zero-order chi connectivity index (χ0) is 11.4. The molecule has 1 aliphatic rings. The minimum absolute atomic E-state index is 0.546. The van der Waals surface area contributed by atoms with Crippen molar-refractivity contribution in [2.24, 2.45) is 5.92 Å². The van der Waals surface area contributed by atoms with Crippen LogP contribution >= 0.6 is 15.9 Å². The number of aldehydes is 1. The van der Waals surface area contributed by atoms with Crippen LogP contribution in [0.3, 0.4) is 0 Å². The summed E-state index contributed by atoms with van der Waals surface area (Å²) in [5.74, 6) is 1.33. The average molecular weight is 284 g/mol. The van der Waals surface area contributed by atoms with E-state index in [1.54, 1.807) is 12.4 Å². The third-order valence-electron chi connectivity index (χ3n) is 2.93. The van der Waals surface area contributed by atoms with Crippen LogP contribution in [0.25, 0.3) is 0 Å². The number of halogens is 1. The van der Waals surface area contributed by atoms with Gasteiger partial charge >= 0.3 is 0 Å². The highest BCUT2D eigenvalue weighted by atomic mass is 79.9. The van der Waals surface area contributed by atoms with Crippen LogP contribution in [0.1, 0.15) is 19.3 Å². The smallest absolute Gasteiger partial charge is 0.225 e. The van der Waals surface area contributed by atoms with E-state index in [0.717, 1.165) is 42.6 Å². The van der Waals surface area contributed by atoms with Gasteiger partial charge in [-0.15, -0.1) is 0 Å². The molecular formula is C11H14BrN3O. The summed E-state index contributed by atoms with van der Waals surface area (Å²) in [5, 5.41) is 0. The Morgan fingerprint density at radius 1 is 1.38 bits per heavy atom. The molecule has 2 heterocycles. The molecule has 0 saturated carbocycles. The predicted molar refractivity (Wildman–Crippen MR) is 65.4 cm³/mol. The van der Waals surface area contributed by atoms with Crippen molar-refractivity contribution in [1.82, 2.24) is 9.97 Å². The summed E-state index contributed by atoms with van der Waals surface area (Å²) in [6.07, 6.45) is 7.35. The number of nitrogens with zero attached hydrogens (tertiary/aromatic N) is 3. The Labute approximate surface area is 103 Å². The molecular weight excluding hydrogens is 270 g/mol. The average Bonchev–Trinajstić information content (AvgIpc) is 2.32. The van der Waals surface area contributed by atoms with Crippen LogP contribution in [-0.2, 0) is 4.79 Å². The van der Waals surface area contributed by atoms with Crippen molar-refractivity contribution < 1.29 is 4.79 Å². The van der Waals surface area contributed by atoms with E-state index >= 15 is 0 Å². The van der Waals surface area contributed by atoms with Crippen LogP contribution in [0, 0.1) is 5.92 Å². The molecule has 86 valence electrons. The number of rotatable bonds is 3. The second kappa shape index (κ2) is 5.39. The normalized spacial score (nSPS) is 17.4. The van der Waals surface area contributed by atoms with Crippen LogP contribution in [0.5, 0.6) is 0 Å². The first-order valence-electron chi connectivity index (χ1n) is 5.45. The quantitative estimate of drug-likeness (QED) is 0.797. The lowest BCUT2D eigenvalue weighted by molar-refractivity contribution is -0.108. The topological polar surface area (TPSA) is 46.1 Å². The number of carbonyl (C=O) groups is 1. The molecule has 0 spiro atoms. The molecule has 0 aliphatic carbocycles. The Morgan fingerprint density at radius 3 is 2.56 bits per heavy atom. The SMILES string of the molecule is O=CCC1CCN(c2ncc(Br)cn2)CC1. The van der Waals surface area contributed by atoms with Crippen LogP contribution in [0.2, 0.25) is 0 Å². The largest absolute Gasteiger partial charge is 0.341 e. The lowest BCUT2D eigenvalue weighted by Crippen LogP contribution is -2.34. The highest BCUT2D eigenvalue weighted by Crippen LogP contribution is 2.22. The maximum Gasteiger partial charge on any atom is 0.225 e. The van der Waals surface area contributed by atoms with Gasteiger partial charge in [-0.05, 0) is 34.7 Å². The van der Waals surface area contributed by atoms with Gasteiger partial charge in [-0.1, -0.05) is 0 Å². The number of carbonyl (C=O) groups excluding carboxylic acids is 1. The van der Waals surface area contributed by atoms with Crippen molar-refractivity contribution >= 4 is 28.2 Å². The van der Waals surface area contributed by atoms with E-state index in [0.29, 0.717) is 12.3 Å². The van der Waals surface area contributed by atoms with Crippen LogP contribution in [0.15, 0.2) is 16.9 Å². The second-order valence-electron chi connectivity index (χ2n) is 4.03. The Hall–Kier alpha value is -0.970. The summed E-state index contributed by atoms with van der Waals surface area (Å²) < 4.78 is 0.895. The fourth-order valence-corrected chi connectivity index (χ4v) is 2.18. The Kier molecular flexibility index (Phi) is 3.88. The summed E-state index contributed by atoms with van der Waals surface area (Å²) in [6, 6.07) is 0. The lowest BCUT2D eigenvalue weighted by Gasteiger charge is -2.31. The van der Waals surface area contributed by atoms with Gasteiger partial charge in [0.15, 0.2) is 0 Å². The number of aromatic nitrogens is 2. The van der Waals surface area contributed by atoms with Gasteiger partial charge in [0.2, 0.25) is 5.95 Å². The first-order chi connectivity index (χ1) is 7.79. The molecule has 1 saturated heterocycles. The first kappa shape index (κ1) is 11.5. The zero-order valence-corrected chi connectivity index (χ0v) is 10.6. The zero-order valence-electron chi connectivity index (χ0n) is 8.97. The van der Waals surface area contributed by atoms with Crippen LogP contribution in [0.4, 0.5) is 5.95 Å². The highest BCUT2D eigenvalue weighted by Gasteiger charge is 2.20. The van der Waals surface area contributed by atoms with Gasteiger partial charge < -0.3 is 9.69 Å². The molecule has 16 heavy (non-hydrogen) atoms. The molecule has 1 aromatic rings. The van der Waals surface area contributed by atoms with Crippen molar-refractivity contribution in [3.05, 3.63) is 16.9 Å². The van der Waals surface area contributed by atoms with Crippen molar-refractivity contribution in [2.75, 3.05) is 18.0 Å². The number of piperidine rings is 1. The maximum atomic E-state index is 10.4. The number of hydrogen-bond acceptors (Lipinski definition) is 4. The van der Waals surface area contributed by atoms with Crippen molar-refractivity contribution in [2.45, 2.75) is 19.3 Å². The molecule has 0 radical (unpaired) electrons. The summed E-state index contributed by atoms with van der Waals surface area (Å²) >= 11 is 3.32. The molecule has 2 rings (SSSR count). The second-order valence-corrected chi connectivity index (χ2v) is 4.95. The molecule has 4 nitrogen and oxygen atoms in total. The summed E-state index contributed by atoms with van der Waals surface area (Å²) in [4.78, 5) is 21.1. The Morgan fingerprint density at radius 2 is 2.00 bits per heavy atom. The van der Waals surface area contributed by atoms with Crippen molar-refractivity contribution in [3.63, 3.8) is 0 Å². The third kappa shape index (κ3) is 2.78. The van der Waals surface area contributed by atoms with Gasteiger partial charge in [-0.25, -0.2) is 9.97 Å². The molecule has 5 heteroatoms. The molecule has 0 bridgehead atoms. The number of hydrogen-bond donors (Lipinski definition) is 0. The van der Waals surface area contributed by atoms with Gasteiger partial charge in [0.1, 0.15) is 6.29 Å². The molecule has 0 N–H and O–H groups in total. The third-order valence-corrected chi connectivity index (χ3v) is 3.34. The van der Waals surface area contributed by atoms with Gasteiger partial charge in [0.25, 0.3) is 0 Å². The summed E-state index contributed by atoms with van der Waals surface area (Å²) in [5.41, 5.74) is 0. The molecule has 0 unspecified atom stereocenters. The minimum Gasteiger partial charge on any atom is -0.341 e. The van der Waals surface area contributed by atoms with E-state index < -0.39 is 0 Å². The molecule has 0 amide bonds. The van der Waals surface area contributed by atoms with Crippen molar-refractivity contribution in [3.8, 4) is 0 Å². The van der Waals surface area contributed by atoms with Crippen LogP contribution in [-0.4, -0.2) is 29.3 Å². The van der Waals surface area contributed by atoms with Gasteiger partial charge in [-0.3, -0.25) is 0 Å². The summed E-state index contributed by atoms with van der Waals surface area (Å²) in [7, 11) is 0. The molecule has 0 atom stereocenters. The fraction of sp³-hybridized carbons (Fsp3) is 0.545. The molecule has 1 aliphatic heterocycles. The molecule has 1 aromatic heterocycles. The maximum absolute atomic E-state index is 10.4. The van der Waals surface area contributed by atoms with E-state index in [9.17, 15) is 4.79 Å². The number of anilines is 1. The van der Waals surface area contributed by atoms with E-state index in [-0.39, 0.29) is 0 Å². The van der Waals surface area contributed by atoms with E-state index in [2.05, 4.69) is 30.8 Å². The predicted octanol–water partition coefficient (Wildman–Crippen LogP) is 2.04. The standard InChI is InChI=1S/C11H14BrN3O/c12-10-7-13-11(14-8-10)15-4-1-9(2-5-15)3-6-16/h6-9H,1-5H2. The van der Waals surface area contributed by atoms with E-state index in [1.165, 1.54) is 0 Å². The Balaban J connectivity index is 1.93. The molecule has 1 fully saturated rings. The first-order valence-corrected chi connectivity index (χ1v) is 6.25. The Bertz CT molecular complexity index is 347. The van der Waals surface area contributed by atoms with Gasteiger partial charge in [0, 0.05) is 31.9 Å². The minimum atomic E-state index is 0.546. The highest BCUT2D eigenvalue weighted by molar-refractivity contribution is 9.10. The van der Waals surface area contributed by atoms with Gasteiger partial charge in [-0.2, -0.15) is 0 Å². The van der Waals surface area contributed by atoms with Crippen molar-refractivity contribution in [1.29, 1.82) is 0 Å². The van der Waals surface area contributed by atoms with Crippen LogP contribution < -0.4 is 4.90 Å². The fourth-order valence-electron chi connectivity index (χ4n) is 1.97. The molecule has 0 aromatic carbocycles. The van der Waals surface area contributed by atoms with E-state index in [1.807, 2.05) is 0 Å². The van der Waals surface area contributed by atoms with E-state index in [4.69, 9.17) is 0 Å². The van der Waals surface area contributed by atoms with Gasteiger partial charge in [0.05, 0.1) is 4.47 Å². The lowest BCUT2D eigenvalue weighted by atomic mass is 9.94. The monoisotopic (exact) mass is 283 g/mol.